The maximum Gasteiger partial charge on any atom is 0.414 e. The molecule has 0 bridgehead atoms. The Morgan fingerprint density at radius 3 is 2.45 bits per heavy atom. The number of carboxylic acid groups (broad SMARTS) is 2. The minimum absolute atomic E-state index is 0.160. The van der Waals surface area contributed by atoms with Crippen LogP contribution in [0, 0.1) is 0 Å². The van der Waals surface area contributed by atoms with E-state index in [1.54, 1.807) is 12.3 Å². The van der Waals surface area contributed by atoms with Crippen molar-refractivity contribution in [1.29, 1.82) is 0 Å². The maximum absolute atomic E-state index is 9.10. The predicted octanol–water partition coefficient (Wildman–Crippen LogP) is 4.90. The van der Waals surface area contributed by atoms with Crippen molar-refractivity contribution in [2.24, 2.45) is 0 Å². The van der Waals surface area contributed by atoms with Crippen LogP contribution in [0.4, 0.5) is 0 Å². The van der Waals surface area contributed by atoms with Crippen molar-refractivity contribution in [3.8, 4) is 0 Å². The third kappa shape index (κ3) is 10.9. The zero-order valence-electron chi connectivity index (χ0n) is 16.3. The van der Waals surface area contributed by atoms with Crippen LogP contribution in [0.3, 0.4) is 0 Å². The highest BCUT2D eigenvalue weighted by molar-refractivity contribution is 6.35. The van der Waals surface area contributed by atoms with Crippen molar-refractivity contribution in [2.45, 2.75) is 58.3 Å². The second-order valence-electron chi connectivity index (χ2n) is 6.39. The van der Waals surface area contributed by atoms with Crippen LogP contribution in [0.25, 0.3) is 0 Å². The average molecular weight is 445 g/mol. The third-order valence-corrected chi connectivity index (χ3v) is 4.61. The summed E-state index contributed by atoms with van der Waals surface area (Å²) in [6, 6.07) is 5.53. The Morgan fingerprint density at radius 1 is 1.17 bits per heavy atom. The van der Waals surface area contributed by atoms with Crippen molar-refractivity contribution in [1.82, 2.24) is 9.55 Å². The molecule has 2 aromatic rings. The van der Waals surface area contributed by atoms with Crippen LogP contribution in [-0.2, 0) is 27.5 Å². The van der Waals surface area contributed by atoms with Gasteiger partial charge in [-0.15, -0.1) is 0 Å². The van der Waals surface area contributed by atoms with Crippen LogP contribution < -0.4 is 0 Å². The molecule has 7 nitrogen and oxygen atoms in total. The lowest BCUT2D eigenvalue weighted by atomic mass is 10.1. The Balaban J connectivity index is 0.000000612. The standard InChI is InChI=1S/C18H24Cl2N2O.C2H2O4/c1-2-3-4-5-6-17(12-22-10-9-21-14-22)23-13-15-7-8-16(19)11-18(15)20;3-1(4)2(5)6/h7-11,14,17H,2-6,12-13H2,1H3;(H,3,4)(H,5,6). The molecule has 0 radical (unpaired) electrons. The van der Waals surface area contributed by atoms with Gasteiger partial charge in [0.25, 0.3) is 0 Å². The zero-order chi connectivity index (χ0) is 21.6. The second kappa shape index (κ2) is 14.0. The fraction of sp³-hybridized carbons (Fsp3) is 0.450. The van der Waals surface area contributed by atoms with Gasteiger partial charge in [-0.25, -0.2) is 14.6 Å². The number of unbranched alkanes of at least 4 members (excludes halogenated alkanes) is 3. The molecule has 0 aliphatic heterocycles. The highest BCUT2D eigenvalue weighted by Gasteiger charge is 2.12. The highest BCUT2D eigenvalue weighted by Crippen LogP contribution is 2.22. The zero-order valence-corrected chi connectivity index (χ0v) is 17.8. The molecule has 29 heavy (non-hydrogen) atoms. The first kappa shape index (κ1) is 24.9. The number of nitrogens with zero attached hydrogens (tertiary/aromatic N) is 2. The number of hydrogen-bond donors (Lipinski definition) is 2. The molecular formula is C20H26Cl2N2O5. The van der Waals surface area contributed by atoms with Crippen LogP contribution in [0.1, 0.15) is 44.6 Å². The lowest BCUT2D eigenvalue weighted by molar-refractivity contribution is -0.159. The largest absolute Gasteiger partial charge is 0.473 e. The molecule has 0 amide bonds. The van der Waals surface area contributed by atoms with Gasteiger partial charge in [-0.05, 0) is 24.1 Å². The number of halogens is 2. The summed E-state index contributed by atoms with van der Waals surface area (Å²) >= 11 is 12.2. The molecule has 2 N–H and O–H groups in total. The fourth-order valence-electron chi connectivity index (χ4n) is 2.50. The molecule has 0 saturated carbocycles. The van der Waals surface area contributed by atoms with Crippen molar-refractivity contribution < 1.29 is 24.5 Å². The molecule has 160 valence electrons. The lowest BCUT2D eigenvalue weighted by Crippen LogP contribution is -2.19. The van der Waals surface area contributed by atoms with Gasteiger partial charge in [-0.2, -0.15) is 0 Å². The quantitative estimate of drug-likeness (QED) is 0.398. The Labute approximate surface area is 180 Å². The number of ether oxygens (including phenoxy) is 1. The lowest BCUT2D eigenvalue weighted by Gasteiger charge is -2.19. The van der Waals surface area contributed by atoms with Gasteiger partial charge in [0, 0.05) is 29.0 Å². The van der Waals surface area contributed by atoms with Gasteiger partial charge >= 0.3 is 11.9 Å². The van der Waals surface area contributed by atoms with Gasteiger partial charge in [0.1, 0.15) is 0 Å². The van der Waals surface area contributed by atoms with Crippen LogP contribution in [-0.4, -0.2) is 37.8 Å². The molecule has 1 heterocycles. The molecule has 9 heteroatoms. The summed E-state index contributed by atoms with van der Waals surface area (Å²) in [5.74, 6) is -3.65. The average Bonchev–Trinajstić information content (AvgIpc) is 3.17. The summed E-state index contributed by atoms with van der Waals surface area (Å²) in [6.07, 6.45) is 11.8. The molecule has 0 aliphatic carbocycles. The molecule has 0 saturated heterocycles. The monoisotopic (exact) mass is 444 g/mol. The van der Waals surface area contributed by atoms with E-state index >= 15 is 0 Å². The summed E-state index contributed by atoms with van der Waals surface area (Å²) in [6.45, 7) is 3.54. The molecule has 0 spiro atoms. The predicted molar refractivity (Wildman–Crippen MR) is 111 cm³/mol. The van der Waals surface area contributed by atoms with E-state index in [1.807, 2.05) is 24.7 Å². The van der Waals surface area contributed by atoms with Crippen LogP contribution in [0.15, 0.2) is 36.9 Å². The molecular weight excluding hydrogens is 419 g/mol. The molecule has 1 atom stereocenters. The van der Waals surface area contributed by atoms with Crippen molar-refractivity contribution >= 4 is 35.1 Å². The van der Waals surface area contributed by atoms with Gasteiger partial charge in [-0.1, -0.05) is 61.9 Å². The van der Waals surface area contributed by atoms with Crippen molar-refractivity contribution in [3.63, 3.8) is 0 Å². The first-order chi connectivity index (χ1) is 13.8. The van der Waals surface area contributed by atoms with E-state index in [4.69, 9.17) is 47.7 Å². The summed E-state index contributed by atoms with van der Waals surface area (Å²) in [5, 5.41) is 16.1. The summed E-state index contributed by atoms with van der Waals surface area (Å²) in [4.78, 5) is 22.3. The Morgan fingerprint density at radius 2 is 1.90 bits per heavy atom. The van der Waals surface area contributed by atoms with Crippen molar-refractivity contribution in [2.75, 3.05) is 0 Å². The second-order valence-corrected chi connectivity index (χ2v) is 7.23. The number of benzene rings is 1. The number of aromatic nitrogens is 2. The van der Waals surface area contributed by atoms with Crippen LogP contribution in [0.2, 0.25) is 10.0 Å². The number of carboxylic acids is 2. The molecule has 0 aliphatic rings. The maximum atomic E-state index is 9.10. The smallest absolute Gasteiger partial charge is 0.414 e. The van der Waals surface area contributed by atoms with Gasteiger partial charge in [0.15, 0.2) is 0 Å². The van der Waals surface area contributed by atoms with E-state index in [0.717, 1.165) is 18.5 Å². The van der Waals surface area contributed by atoms with Crippen LogP contribution in [0.5, 0.6) is 0 Å². The number of carbonyl (C=O) groups is 2. The number of rotatable bonds is 10. The third-order valence-electron chi connectivity index (χ3n) is 4.03. The summed E-state index contributed by atoms with van der Waals surface area (Å²) in [5.41, 5.74) is 0.972. The Kier molecular flexibility index (Phi) is 12.0. The highest BCUT2D eigenvalue weighted by atomic mass is 35.5. The molecule has 2 rings (SSSR count). The summed E-state index contributed by atoms with van der Waals surface area (Å²) < 4.78 is 8.19. The van der Waals surface area contributed by atoms with E-state index in [0.29, 0.717) is 16.7 Å². The fourth-order valence-corrected chi connectivity index (χ4v) is 2.97. The first-order valence-electron chi connectivity index (χ1n) is 9.31. The summed E-state index contributed by atoms with van der Waals surface area (Å²) in [7, 11) is 0. The molecule has 1 aromatic carbocycles. The normalized spacial score (nSPS) is 11.4. The van der Waals surface area contributed by atoms with Crippen molar-refractivity contribution in [3.05, 3.63) is 52.5 Å². The van der Waals surface area contributed by atoms with Gasteiger partial charge in [-0.3, -0.25) is 0 Å². The SMILES string of the molecule is CCCCCCC(Cn1ccnc1)OCc1ccc(Cl)cc1Cl.O=C(O)C(=O)O. The number of aliphatic carboxylic acids is 2. The number of hydrogen-bond acceptors (Lipinski definition) is 4. The Hall–Kier alpha value is -2.09. The topological polar surface area (TPSA) is 102 Å². The minimum Gasteiger partial charge on any atom is -0.473 e. The molecule has 1 aromatic heterocycles. The first-order valence-corrected chi connectivity index (χ1v) is 10.1. The Bertz CT molecular complexity index is 741. The van der Waals surface area contributed by atoms with Gasteiger partial charge in [0.05, 0.1) is 19.0 Å². The van der Waals surface area contributed by atoms with Gasteiger partial charge in [0.2, 0.25) is 0 Å². The van der Waals surface area contributed by atoms with E-state index < -0.39 is 11.9 Å². The molecule has 1 unspecified atom stereocenters. The van der Waals surface area contributed by atoms with Gasteiger partial charge < -0.3 is 19.5 Å². The molecule has 0 fully saturated rings. The number of imidazole rings is 1. The van der Waals surface area contributed by atoms with E-state index in [-0.39, 0.29) is 6.10 Å². The minimum atomic E-state index is -1.82. The van der Waals surface area contributed by atoms with E-state index in [2.05, 4.69) is 16.5 Å². The van der Waals surface area contributed by atoms with E-state index in [1.165, 1.54) is 25.7 Å². The van der Waals surface area contributed by atoms with E-state index in [9.17, 15) is 0 Å². The van der Waals surface area contributed by atoms with Crippen LogP contribution >= 0.6 is 23.2 Å².